The first-order valence-electron chi connectivity index (χ1n) is 5.78. The van der Waals surface area contributed by atoms with Crippen LogP contribution in [0.4, 0.5) is 16.2 Å². The minimum Gasteiger partial charge on any atom is -0.327 e. The number of carbonyl (C=O) groups is 1. The van der Waals surface area contributed by atoms with Crippen molar-refractivity contribution in [2.75, 3.05) is 25.0 Å². The number of carbonyl (C=O) groups excluding carboxylic acids is 1. The Morgan fingerprint density at radius 2 is 2.06 bits per heavy atom. The van der Waals surface area contributed by atoms with E-state index in [1.807, 2.05) is 0 Å². The number of aryl methyl sites for hydroxylation is 1. The van der Waals surface area contributed by atoms with Crippen molar-refractivity contribution in [1.82, 2.24) is 4.90 Å². The van der Waals surface area contributed by atoms with Crippen LogP contribution in [0.3, 0.4) is 0 Å². The second kappa shape index (κ2) is 4.64. The van der Waals surface area contributed by atoms with Crippen molar-refractivity contribution in [3.05, 3.63) is 33.9 Å². The first-order chi connectivity index (χ1) is 8.50. The molecule has 0 spiro atoms. The molecule has 0 unspecified atom stereocenters. The average Bonchev–Trinajstić information content (AvgIpc) is 2.33. The summed E-state index contributed by atoms with van der Waals surface area (Å²) in [7, 11) is 1.76. The molecular formula is C12H15N3O3. The molecule has 1 fully saturated rings. The van der Waals surface area contributed by atoms with Crippen molar-refractivity contribution >= 4 is 17.4 Å². The number of benzene rings is 1. The summed E-state index contributed by atoms with van der Waals surface area (Å²) in [5, 5.41) is 10.7. The Balaban J connectivity index is 2.33. The third-order valence-electron chi connectivity index (χ3n) is 3.11. The minimum atomic E-state index is -0.430. The third-order valence-corrected chi connectivity index (χ3v) is 3.11. The van der Waals surface area contributed by atoms with Crippen molar-refractivity contribution in [3.63, 3.8) is 0 Å². The summed E-state index contributed by atoms with van der Waals surface area (Å²) in [6.07, 6.45) is 0.901. The molecule has 1 aromatic carbocycles. The van der Waals surface area contributed by atoms with E-state index in [-0.39, 0.29) is 11.7 Å². The van der Waals surface area contributed by atoms with Gasteiger partial charge < -0.3 is 4.90 Å². The molecule has 0 bridgehead atoms. The van der Waals surface area contributed by atoms with Crippen molar-refractivity contribution in [3.8, 4) is 0 Å². The highest BCUT2D eigenvalue weighted by atomic mass is 16.6. The summed E-state index contributed by atoms with van der Waals surface area (Å²) in [5.74, 6) is 0. The van der Waals surface area contributed by atoms with E-state index in [1.54, 1.807) is 29.8 Å². The van der Waals surface area contributed by atoms with Crippen LogP contribution in [0.2, 0.25) is 0 Å². The van der Waals surface area contributed by atoms with Gasteiger partial charge in [-0.05, 0) is 25.0 Å². The van der Waals surface area contributed by atoms with Gasteiger partial charge in [0.25, 0.3) is 5.69 Å². The zero-order chi connectivity index (χ0) is 13.3. The first-order valence-corrected chi connectivity index (χ1v) is 5.78. The number of anilines is 1. The van der Waals surface area contributed by atoms with E-state index in [2.05, 4.69) is 0 Å². The SMILES string of the molecule is Cc1cc([N+](=O)[O-])ccc1N1CCCN(C)C1=O. The summed E-state index contributed by atoms with van der Waals surface area (Å²) in [6, 6.07) is 4.52. The van der Waals surface area contributed by atoms with Gasteiger partial charge in [-0.1, -0.05) is 0 Å². The van der Waals surface area contributed by atoms with Gasteiger partial charge >= 0.3 is 6.03 Å². The van der Waals surface area contributed by atoms with E-state index in [0.717, 1.165) is 24.2 Å². The summed E-state index contributed by atoms with van der Waals surface area (Å²) in [4.78, 5) is 25.6. The Morgan fingerprint density at radius 3 is 2.67 bits per heavy atom. The molecule has 0 atom stereocenters. The Kier molecular flexibility index (Phi) is 3.18. The number of amides is 2. The fraction of sp³-hybridized carbons (Fsp3) is 0.417. The molecule has 1 aromatic rings. The summed E-state index contributed by atoms with van der Waals surface area (Å²) in [6.45, 7) is 3.19. The lowest BCUT2D eigenvalue weighted by Gasteiger charge is -2.34. The van der Waals surface area contributed by atoms with Gasteiger partial charge in [-0.15, -0.1) is 0 Å². The molecule has 6 nitrogen and oxygen atoms in total. The zero-order valence-corrected chi connectivity index (χ0v) is 10.4. The summed E-state index contributed by atoms with van der Waals surface area (Å²) >= 11 is 0. The molecule has 2 amide bonds. The van der Waals surface area contributed by atoms with Crippen LogP contribution in [0.15, 0.2) is 18.2 Å². The topological polar surface area (TPSA) is 66.7 Å². The molecule has 2 rings (SSSR count). The second-order valence-electron chi connectivity index (χ2n) is 4.44. The summed E-state index contributed by atoms with van der Waals surface area (Å²) < 4.78 is 0. The van der Waals surface area contributed by atoms with E-state index in [1.165, 1.54) is 12.1 Å². The van der Waals surface area contributed by atoms with Gasteiger partial charge in [0.05, 0.1) is 4.92 Å². The fourth-order valence-electron chi connectivity index (χ4n) is 2.14. The zero-order valence-electron chi connectivity index (χ0n) is 10.4. The highest BCUT2D eigenvalue weighted by Gasteiger charge is 2.25. The Hall–Kier alpha value is -2.11. The van der Waals surface area contributed by atoms with E-state index >= 15 is 0 Å². The largest absolute Gasteiger partial charge is 0.327 e. The number of rotatable bonds is 2. The van der Waals surface area contributed by atoms with Crippen LogP contribution in [-0.2, 0) is 0 Å². The predicted octanol–water partition coefficient (Wildman–Crippen LogP) is 2.17. The molecule has 0 N–H and O–H groups in total. The Bertz CT molecular complexity index is 501. The van der Waals surface area contributed by atoms with E-state index in [4.69, 9.17) is 0 Å². The van der Waals surface area contributed by atoms with Crippen LogP contribution in [-0.4, -0.2) is 36.0 Å². The lowest BCUT2D eigenvalue weighted by Crippen LogP contribution is -2.47. The minimum absolute atomic E-state index is 0.0501. The molecule has 1 aliphatic rings. The molecule has 1 aliphatic heterocycles. The Labute approximate surface area is 105 Å². The normalized spacial score (nSPS) is 16.0. The number of urea groups is 1. The molecular weight excluding hydrogens is 234 g/mol. The monoisotopic (exact) mass is 249 g/mol. The number of nitro benzene ring substituents is 1. The van der Waals surface area contributed by atoms with Crippen LogP contribution < -0.4 is 4.90 Å². The van der Waals surface area contributed by atoms with Crippen molar-refractivity contribution < 1.29 is 9.72 Å². The maximum atomic E-state index is 12.0. The molecule has 0 aromatic heterocycles. The predicted molar refractivity (Wildman–Crippen MR) is 67.8 cm³/mol. The van der Waals surface area contributed by atoms with Crippen molar-refractivity contribution in [2.24, 2.45) is 0 Å². The smallest absolute Gasteiger partial charge is 0.324 e. The van der Waals surface area contributed by atoms with Crippen LogP contribution in [0.25, 0.3) is 0 Å². The van der Waals surface area contributed by atoms with Crippen LogP contribution in [0, 0.1) is 17.0 Å². The lowest BCUT2D eigenvalue weighted by molar-refractivity contribution is -0.384. The highest BCUT2D eigenvalue weighted by molar-refractivity contribution is 5.93. The number of hydrogen-bond acceptors (Lipinski definition) is 3. The molecule has 1 saturated heterocycles. The van der Waals surface area contributed by atoms with Gasteiger partial charge in [0, 0.05) is 38.0 Å². The van der Waals surface area contributed by atoms with Crippen LogP contribution in [0.5, 0.6) is 0 Å². The van der Waals surface area contributed by atoms with Crippen molar-refractivity contribution in [2.45, 2.75) is 13.3 Å². The molecule has 96 valence electrons. The molecule has 0 saturated carbocycles. The molecule has 1 heterocycles. The first kappa shape index (κ1) is 12.3. The second-order valence-corrected chi connectivity index (χ2v) is 4.44. The van der Waals surface area contributed by atoms with Crippen LogP contribution in [0.1, 0.15) is 12.0 Å². The van der Waals surface area contributed by atoms with Gasteiger partial charge in [0.15, 0.2) is 0 Å². The van der Waals surface area contributed by atoms with Gasteiger partial charge in [-0.3, -0.25) is 15.0 Å². The molecule has 0 radical (unpaired) electrons. The van der Waals surface area contributed by atoms with Gasteiger partial charge in [0.2, 0.25) is 0 Å². The molecule has 18 heavy (non-hydrogen) atoms. The lowest BCUT2D eigenvalue weighted by atomic mass is 10.1. The van der Waals surface area contributed by atoms with Crippen LogP contribution >= 0.6 is 0 Å². The average molecular weight is 249 g/mol. The van der Waals surface area contributed by atoms with Gasteiger partial charge in [-0.2, -0.15) is 0 Å². The van der Waals surface area contributed by atoms with E-state index in [9.17, 15) is 14.9 Å². The summed E-state index contributed by atoms with van der Waals surface area (Å²) in [5.41, 5.74) is 1.54. The standard InChI is InChI=1S/C12H15N3O3/c1-9-8-10(15(17)18)4-5-11(9)14-7-3-6-13(2)12(14)16/h4-5,8H,3,6-7H2,1-2H3. The molecule has 0 aliphatic carbocycles. The number of nitro groups is 1. The van der Waals surface area contributed by atoms with Crippen molar-refractivity contribution in [1.29, 1.82) is 0 Å². The maximum absolute atomic E-state index is 12.0. The number of hydrogen-bond donors (Lipinski definition) is 0. The fourth-order valence-corrected chi connectivity index (χ4v) is 2.14. The maximum Gasteiger partial charge on any atom is 0.324 e. The van der Waals surface area contributed by atoms with E-state index < -0.39 is 4.92 Å². The van der Waals surface area contributed by atoms with Gasteiger partial charge in [-0.25, -0.2) is 4.79 Å². The highest BCUT2D eigenvalue weighted by Crippen LogP contribution is 2.27. The Morgan fingerprint density at radius 1 is 1.33 bits per heavy atom. The number of nitrogens with zero attached hydrogens (tertiary/aromatic N) is 3. The van der Waals surface area contributed by atoms with E-state index in [0.29, 0.717) is 6.54 Å². The number of non-ortho nitro benzene ring substituents is 1. The molecule has 6 heteroatoms. The van der Waals surface area contributed by atoms with Gasteiger partial charge in [0.1, 0.15) is 0 Å². The quantitative estimate of drug-likeness (QED) is 0.596. The third kappa shape index (κ3) is 2.13.